The molecule has 150 valence electrons. The monoisotopic (exact) mass is 397 g/mol. The summed E-state index contributed by atoms with van der Waals surface area (Å²) in [4.78, 5) is 24.4. The van der Waals surface area contributed by atoms with Crippen LogP contribution in [0.1, 0.15) is 19.8 Å². The first-order valence-electron chi connectivity index (χ1n) is 9.08. The molecule has 1 fully saturated rings. The van der Waals surface area contributed by atoms with E-state index >= 15 is 0 Å². The summed E-state index contributed by atoms with van der Waals surface area (Å²) in [6, 6.07) is 5.58. The molecule has 1 heterocycles. The van der Waals surface area contributed by atoms with E-state index in [9.17, 15) is 14.0 Å². The summed E-state index contributed by atoms with van der Waals surface area (Å²) in [5.74, 6) is -0.504. The van der Waals surface area contributed by atoms with Crippen LogP contribution in [0.5, 0.6) is 0 Å². The summed E-state index contributed by atoms with van der Waals surface area (Å²) < 4.78 is 18.2. The number of halogens is 1. The minimum Gasteiger partial charge on any atom is -0.384 e. The number of piperidine rings is 1. The number of thioether (sulfide) groups is 1. The van der Waals surface area contributed by atoms with Crippen LogP contribution >= 0.6 is 11.8 Å². The van der Waals surface area contributed by atoms with Crippen molar-refractivity contribution < 1.29 is 18.7 Å². The fourth-order valence-corrected chi connectivity index (χ4v) is 3.77. The molecule has 0 spiro atoms. The Kier molecular flexibility index (Phi) is 8.53. The van der Waals surface area contributed by atoms with Crippen LogP contribution in [-0.4, -0.2) is 56.2 Å². The van der Waals surface area contributed by atoms with Crippen LogP contribution in [0.4, 0.5) is 10.1 Å². The molecule has 2 amide bonds. The highest BCUT2D eigenvalue weighted by Crippen LogP contribution is 2.28. The van der Waals surface area contributed by atoms with Crippen molar-refractivity contribution >= 4 is 29.3 Å². The van der Waals surface area contributed by atoms with Gasteiger partial charge in [0.05, 0.1) is 17.6 Å². The van der Waals surface area contributed by atoms with Gasteiger partial charge in [0, 0.05) is 24.8 Å². The maximum atomic E-state index is 12.9. The van der Waals surface area contributed by atoms with Crippen LogP contribution in [0.2, 0.25) is 0 Å². The zero-order valence-electron chi connectivity index (χ0n) is 15.8. The Morgan fingerprint density at radius 3 is 2.59 bits per heavy atom. The number of carbonyl (C=O) groups excluding carboxylic acids is 2. The minimum absolute atomic E-state index is 0.0278. The normalized spacial score (nSPS) is 17.1. The standard InChI is InChI=1S/C19H28FN3O3S/c1-14(27-11-17(24)23-16-5-3-15(20)4-6-16)18(25)22-12-19(13-26-2)7-9-21-10-8-19/h3-6,14,21H,7-13H2,1-2H3,(H,22,25)(H,23,24). The summed E-state index contributed by atoms with van der Waals surface area (Å²) >= 11 is 1.27. The number of nitrogens with one attached hydrogen (secondary N) is 3. The molecule has 0 radical (unpaired) electrons. The Labute approximate surface area is 164 Å². The van der Waals surface area contributed by atoms with E-state index < -0.39 is 0 Å². The van der Waals surface area contributed by atoms with E-state index in [0.717, 1.165) is 25.9 Å². The Balaban J connectivity index is 1.74. The highest BCUT2D eigenvalue weighted by Gasteiger charge is 2.33. The third-order valence-corrected chi connectivity index (χ3v) is 5.86. The quantitative estimate of drug-likeness (QED) is 0.594. The summed E-state index contributed by atoms with van der Waals surface area (Å²) in [5, 5.41) is 8.69. The lowest BCUT2D eigenvalue weighted by Crippen LogP contribution is -2.48. The smallest absolute Gasteiger partial charge is 0.234 e. The van der Waals surface area contributed by atoms with Crippen molar-refractivity contribution in [3.8, 4) is 0 Å². The number of hydrogen-bond donors (Lipinski definition) is 3. The molecule has 1 unspecified atom stereocenters. The predicted octanol–water partition coefficient (Wildman–Crippen LogP) is 2.02. The van der Waals surface area contributed by atoms with E-state index in [0.29, 0.717) is 18.8 Å². The lowest BCUT2D eigenvalue weighted by molar-refractivity contribution is -0.121. The molecule has 0 aromatic heterocycles. The van der Waals surface area contributed by atoms with E-state index in [-0.39, 0.29) is 34.0 Å². The molecule has 1 atom stereocenters. The summed E-state index contributed by atoms with van der Waals surface area (Å²) in [5.41, 5.74) is 0.506. The average Bonchev–Trinajstić information content (AvgIpc) is 2.67. The molecule has 1 saturated heterocycles. The van der Waals surface area contributed by atoms with Gasteiger partial charge in [0.15, 0.2) is 0 Å². The Hall–Kier alpha value is -1.64. The van der Waals surface area contributed by atoms with Gasteiger partial charge in [-0.3, -0.25) is 9.59 Å². The van der Waals surface area contributed by atoms with Crippen LogP contribution in [0.15, 0.2) is 24.3 Å². The molecule has 2 rings (SSSR count). The van der Waals surface area contributed by atoms with Gasteiger partial charge in [-0.1, -0.05) is 0 Å². The first-order chi connectivity index (χ1) is 12.9. The fourth-order valence-electron chi connectivity index (χ4n) is 3.06. The van der Waals surface area contributed by atoms with Crippen molar-refractivity contribution in [3.63, 3.8) is 0 Å². The third kappa shape index (κ3) is 7.12. The number of benzene rings is 1. The van der Waals surface area contributed by atoms with E-state index in [4.69, 9.17) is 4.74 Å². The molecule has 1 aromatic rings. The largest absolute Gasteiger partial charge is 0.384 e. The van der Waals surface area contributed by atoms with Gasteiger partial charge in [0.1, 0.15) is 5.82 Å². The molecule has 1 aliphatic rings. The molecular weight excluding hydrogens is 369 g/mol. The molecule has 6 nitrogen and oxygen atoms in total. The second kappa shape index (κ2) is 10.6. The van der Waals surface area contributed by atoms with Gasteiger partial charge in [-0.2, -0.15) is 0 Å². The van der Waals surface area contributed by atoms with Gasteiger partial charge >= 0.3 is 0 Å². The van der Waals surface area contributed by atoms with Crippen molar-refractivity contribution in [2.75, 3.05) is 44.4 Å². The van der Waals surface area contributed by atoms with Gasteiger partial charge in [-0.05, 0) is 57.1 Å². The van der Waals surface area contributed by atoms with Crippen LogP contribution in [0.3, 0.4) is 0 Å². The van der Waals surface area contributed by atoms with Crippen LogP contribution in [0, 0.1) is 11.2 Å². The van der Waals surface area contributed by atoms with Crippen LogP contribution in [-0.2, 0) is 14.3 Å². The van der Waals surface area contributed by atoms with Crippen LogP contribution < -0.4 is 16.0 Å². The Bertz CT molecular complexity index is 616. The van der Waals surface area contributed by atoms with Gasteiger partial charge in [0.2, 0.25) is 11.8 Å². The summed E-state index contributed by atoms with van der Waals surface area (Å²) in [6.07, 6.45) is 1.92. The maximum absolute atomic E-state index is 12.9. The van der Waals surface area contributed by atoms with E-state index in [1.807, 2.05) is 0 Å². The molecular formula is C19H28FN3O3S. The van der Waals surface area contributed by atoms with Crippen molar-refractivity contribution in [3.05, 3.63) is 30.1 Å². The first-order valence-corrected chi connectivity index (χ1v) is 10.1. The average molecular weight is 398 g/mol. The second-order valence-electron chi connectivity index (χ2n) is 6.91. The highest BCUT2D eigenvalue weighted by atomic mass is 32.2. The van der Waals surface area contributed by atoms with Crippen molar-refractivity contribution in [1.82, 2.24) is 10.6 Å². The molecule has 0 saturated carbocycles. The number of hydrogen-bond acceptors (Lipinski definition) is 5. The van der Waals surface area contributed by atoms with E-state index in [1.165, 1.54) is 36.0 Å². The fraction of sp³-hybridized carbons (Fsp3) is 0.579. The highest BCUT2D eigenvalue weighted by molar-refractivity contribution is 8.01. The van der Waals surface area contributed by atoms with E-state index in [1.54, 1.807) is 14.0 Å². The SMILES string of the molecule is COCC1(CNC(=O)C(C)SCC(=O)Nc2ccc(F)cc2)CCNCC1. The molecule has 27 heavy (non-hydrogen) atoms. The molecule has 0 aliphatic carbocycles. The third-order valence-electron chi connectivity index (χ3n) is 4.71. The van der Waals surface area contributed by atoms with E-state index in [2.05, 4.69) is 16.0 Å². The number of anilines is 1. The zero-order chi connectivity index (χ0) is 19.7. The predicted molar refractivity (Wildman–Crippen MR) is 106 cm³/mol. The zero-order valence-corrected chi connectivity index (χ0v) is 16.7. The van der Waals surface area contributed by atoms with Gasteiger partial charge in [0.25, 0.3) is 0 Å². The molecule has 0 bridgehead atoms. The number of amides is 2. The Morgan fingerprint density at radius 1 is 1.30 bits per heavy atom. The lowest BCUT2D eigenvalue weighted by atomic mass is 9.79. The first kappa shape index (κ1) is 21.7. The minimum atomic E-state index is -0.354. The van der Waals surface area contributed by atoms with Crippen LogP contribution in [0.25, 0.3) is 0 Å². The second-order valence-corrected chi connectivity index (χ2v) is 8.24. The molecule has 3 N–H and O–H groups in total. The van der Waals surface area contributed by atoms with Crippen molar-refractivity contribution in [2.24, 2.45) is 5.41 Å². The van der Waals surface area contributed by atoms with Crippen molar-refractivity contribution in [1.29, 1.82) is 0 Å². The number of ether oxygens (including phenoxy) is 1. The van der Waals surface area contributed by atoms with Gasteiger partial charge in [-0.15, -0.1) is 11.8 Å². The van der Waals surface area contributed by atoms with Gasteiger partial charge in [-0.25, -0.2) is 4.39 Å². The number of rotatable bonds is 9. The van der Waals surface area contributed by atoms with Crippen molar-refractivity contribution in [2.45, 2.75) is 25.0 Å². The topological polar surface area (TPSA) is 79.5 Å². The summed E-state index contributed by atoms with van der Waals surface area (Å²) in [7, 11) is 1.68. The number of methoxy groups -OCH3 is 1. The molecule has 8 heteroatoms. The van der Waals surface area contributed by atoms with Gasteiger partial charge < -0.3 is 20.7 Å². The number of carbonyl (C=O) groups is 2. The molecule has 1 aromatic carbocycles. The summed E-state index contributed by atoms with van der Waals surface area (Å²) in [6.45, 7) is 4.83. The lowest BCUT2D eigenvalue weighted by Gasteiger charge is -2.37. The maximum Gasteiger partial charge on any atom is 0.234 e. The molecule has 1 aliphatic heterocycles. The Morgan fingerprint density at radius 2 is 1.96 bits per heavy atom.